The fourth-order valence-corrected chi connectivity index (χ4v) is 2.14. The van der Waals surface area contributed by atoms with Gasteiger partial charge in [-0.25, -0.2) is 0 Å². The van der Waals surface area contributed by atoms with Crippen LogP contribution < -0.4 is 5.32 Å². The fourth-order valence-electron chi connectivity index (χ4n) is 2.01. The molecule has 0 spiro atoms. The quantitative estimate of drug-likeness (QED) is 0.703. The van der Waals surface area contributed by atoms with Gasteiger partial charge in [-0.1, -0.05) is 56.8 Å². The first-order valence-electron chi connectivity index (χ1n) is 6.74. The van der Waals surface area contributed by atoms with Crippen molar-refractivity contribution in [1.82, 2.24) is 5.32 Å². The lowest BCUT2D eigenvalue weighted by atomic mass is 10.0. The Kier molecular flexibility index (Phi) is 7.30. The minimum absolute atomic E-state index is 0.663. The zero-order valence-electron chi connectivity index (χ0n) is 11.0. The summed E-state index contributed by atoms with van der Waals surface area (Å²) in [5.41, 5.74) is 1.31. The smallest absolute Gasteiger partial charge is 0.0406 e. The van der Waals surface area contributed by atoms with E-state index >= 15 is 0 Å². The standard InChI is InChI=1S/C15H24ClN/c1-3-5-7-15(6-4-2)17-12-13-8-10-14(16)11-9-13/h8-11,15,17H,3-7,12H2,1-2H3. The number of benzene rings is 1. The van der Waals surface area contributed by atoms with Gasteiger partial charge in [0, 0.05) is 17.6 Å². The summed E-state index contributed by atoms with van der Waals surface area (Å²) in [5.74, 6) is 0. The van der Waals surface area contributed by atoms with Gasteiger partial charge in [0.05, 0.1) is 0 Å². The van der Waals surface area contributed by atoms with Crippen molar-refractivity contribution in [3.05, 3.63) is 34.9 Å². The van der Waals surface area contributed by atoms with Crippen molar-refractivity contribution in [2.45, 2.75) is 58.5 Å². The highest BCUT2D eigenvalue weighted by Gasteiger charge is 2.06. The van der Waals surface area contributed by atoms with Crippen LogP contribution in [0.25, 0.3) is 0 Å². The molecule has 96 valence electrons. The van der Waals surface area contributed by atoms with Crippen LogP contribution in [-0.4, -0.2) is 6.04 Å². The van der Waals surface area contributed by atoms with Crippen molar-refractivity contribution in [1.29, 1.82) is 0 Å². The third-order valence-corrected chi connectivity index (χ3v) is 3.30. The average Bonchev–Trinajstić information content (AvgIpc) is 2.35. The third-order valence-electron chi connectivity index (χ3n) is 3.05. The first kappa shape index (κ1) is 14.5. The van der Waals surface area contributed by atoms with Crippen molar-refractivity contribution in [2.24, 2.45) is 0 Å². The van der Waals surface area contributed by atoms with Crippen LogP contribution in [0.1, 0.15) is 51.5 Å². The summed E-state index contributed by atoms with van der Waals surface area (Å²) in [6.45, 7) is 5.46. The Morgan fingerprint density at radius 1 is 1.06 bits per heavy atom. The molecule has 1 N–H and O–H groups in total. The van der Waals surface area contributed by atoms with Crippen LogP contribution in [0.5, 0.6) is 0 Å². The molecule has 1 nitrogen and oxygen atoms in total. The van der Waals surface area contributed by atoms with Crippen LogP contribution >= 0.6 is 11.6 Å². The summed E-state index contributed by atoms with van der Waals surface area (Å²) in [6, 6.07) is 8.77. The molecule has 1 rings (SSSR count). The van der Waals surface area contributed by atoms with Gasteiger partial charge in [0.25, 0.3) is 0 Å². The van der Waals surface area contributed by atoms with Gasteiger partial charge in [0.2, 0.25) is 0 Å². The number of nitrogens with one attached hydrogen (secondary N) is 1. The molecule has 0 aliphatic carbocycles. The Hall–Kier alpha value is -0.530. The largest absolute Gasteiger partial charge is 0.310 e. The molecule has 0 aromatic heterocycles. The van der Waals surface area contributed by atoms with E-state index in [1.807, 2.05) is 12.1 Å². The van der Waals surface area contributed by atoms with E-state index in [-0.39, 0.29) is 0 Å². The third kappa shape index (κ3) is 6.09. The molecular weight excluding hydrogens is 230 g/mol. The highest BCUT2D eigenvalue weighted by molar-refractivity contribution is 6.30. The van der Waals surface area contributed by atoms with Gasteiger partial charge >= 0.3 is 0 Å². The Labute approximate surface area is 111 Å². The van der Waals surface area contributed by atoms with Crippen LogP contribution in [0.4, 0.5) is 0 Å². The van der Waals surface area contributed by atoms with Gasteiger partial charge in [0.15, 0.2) is 0 Å². The fraction of sp³-hybridized carbons (Fsp3) is 0.600. The summed E-state index contributed by atoms with van der Waals surface area (Å²) >= 11 is 5.87. The monoisotopic (exact) mass is 253 g/mol. The predicted octanol–water partition coefficient (Wildman–Crippen LogP) is 4.79. The van der Waals surface area contributed by atoms with E-state index in [1.54, 1.807) is 0 Å². The van der Waals surface area contributed by atoms with Gasteiger partial charge in [-0.15, -0.1) is 0 Å². The average molecular weight is 254 g/mol. The van der Waals surface area contributed by atoms with E-state index in [0.717, 1.165) is 11.6 Å². The molecule has 0 bridgehead atoms. The number of unbranched alkanes of at least 4 members (excludes halogenated alkanes) is 1. The van der Waals surface area contributed by atoms with Crippen molar-refractivity contribution >= 4 is 11.6 Å². The summed E-state index contributed by atoms with van der Waals surface area (Å²) in [6.07, 6.45) is 6.41. The first-order chi connectivity index (χ1) is 8.26. The minimum Gasteiger partial charge on any atom is -0.310 e. The number of hydrogen-bond acceptors (Lipinski definition) is 1. The van der Waals surface area contributed by atoms with Crippen LogP contribution in [0, 0.1) is 0 Å². The van der Waals surface area contributed by atoms with E-state index in [4.69, 9.17) is 11.6 Å². The highest BCUT2D eigenvalue weighted by atomic mass is 35.5. The molecule has 2 heteroatoms. The van der Waals surface area contributed by atoms with Gasteiger partial charge in [-0.2, -0.15) is 0 Å². The number of rotatable bonds is 8. The van der Waals surface area contributed by atoms with E-state index in [1.165, 1.54) is 37.7 Å². The van der Waals surface area contributed by atoms with E-state index in [9.17, 15) is 0 Å². The van der Waals surface area contributed by atoms with E-state index in [0.29, 0.717) is 6.04 Å². The second-order valence-electron chi connectivity index (χ2n) is 4.64. The Morgan fingerprint density at radius 2 is 1.76 bits per heavy atom. The lowest BCUT2D eigenvalue weighted by Crippen LogP contribution is -2.28. The molecule has 0 fully saturated rings. The molecule has 0 aliphatic rings. The van der Waals surface area contributed by atoms with Gasteiger partial charge < -0.3 is 5.32 Å². The van der Waals surface area contributed by atoms with Crippen LogP contribution in [0.3, 0.4) is 0 Å². The molecule has 0 heterocycles. The second kappa shape index (κ2) is 8.54. The normalized spacial score (nSPS) is 12.6. The molecule has 0 amide bonds. The van der Waals surface area contributed by atoms with Crippen LogP contribution in [0.2, 0.25) is 5.02 Å². The Morgan fingerprint density at radius 3 is 2.35 bits per heavy atom. The number of halogens is 1. The van der Waals surface area contributed by atoms with Gasteiger partial charge in [-0.05, 0) is 30.5 Å². The van der Waals surface area contributed by atoms with Crippen molar-refractivity contribution < 1.29 is 0 Å². The zero-order chi connectivity index (χ0) is 12.5. The summed E-state index contributed by atoms with van der Waals surface area (Å²) in [4.78, 5) is 0. The zero-order valence-corrected chi connectivity index (χ0v) is 11.8. The molecule has 0 saturated heterocycles. The van der Waals surface area contributed by atoms with Crippen molar-refractivity contribution in [3.8, 4) is 0 Å². The summed E-state index contributed by atoms with van der Waals surface area (Å²) < 4.78 is 0. The van der Waals surface area contributed by atoms with E-state index in [2.05, 4.69) is 31.3 Å². The Balaban J connectivity index is 2.37. The molecular formula is C15H24ClN. The number of hydrogen-bond donors (Lipinski definition) is 1. The maximum absolute atomic E-state index is 5.87. The van der Waals surface area contributed by atoms with Gasteiger partial charge in [-0.3, -0.25) is 0 Å². The topological polar surface area (TPSA) is 12.0 Å². The molecule has 0 saturated carbocycles. The minimum atomic E-state index is 0.663. The lowest BCUT2D eigenvalue weighted by molar-refractivity contribution is 0.434. The van der Waals surface area contributed by atoms with Crippen LogP contribution in [0.15, 0.2) is 24.3 Å². The lowest BCUT2D eigenvalue weighted by Gasteiger charge is -2.17. The molecule has 0 radical (unpaired) electrons. The molecule has 17 heavy (non-hydrogen) atoms. The molecule has 1 aromatic rings. The van der Waals surface area contributed by atoms with Crippen molar-refractivity contribution in [2.75, 3.05) is 0 Å². The van der Waals surface area contributed by atoms with Crippen molar-refractivity contribution in [3.63, 3.8) is 0 Å². The van der Waals surface area contributed by atoms with Gasteiger partial charge in [0.1, 0.15) is 0 Å². The molecule has 1 aromatic carbocycles. The van der Waals surface area contributed by atoms with Crippen LogP contribution in [-0.2, 0) is 6.54 Å². The second-order valence-corrected chi connectivity index (χ2v) is 5.07. The molecule has 0 aliphatic heterocycles. The summed E-state index contributed by atoms with van der Waals surface area (Å²) in [5, 5.41) is 4.46. The maximum atomic E-state index is 5.87. The molecule has 1 unspecified atom stereocenters. The summed E-state index contributed by atoms with van der Waals surface area (Å²) in [7, 11) is 0. The van der Waals surface area contributed by atoms with E-state index < -0.39 is 0 Å². The predicted molar refractivity (Wildman–Crippen MR) is 76.5 cm³/mol. The first-order valence-corrected chi connectivity index (χ1v) is 7.11. The molecule has 1 atom stereocenters. The maximum Gasteiger partial charge on any atom is 0.0406 e. The highest BCUT2D eigenvalue weighted by Crippen LogP contribution is 2.11. The Bertz CT molecular complexity index is 294. The SMILES string of the molecule is CCCCC(CCC)NCc1ccc(Cl)cc1.